The summed E-state index contributed by atoms with van der Waals surface area (Å²) >= 11 is 5.21. The fourth-order valence-corrected chi connectivity index (χ4v) is 2.88. The molecule has 3 aromatic rings. The minimum absolute atomic E-state index is 0.186. The molecule has 0 saturated carbocycles. The summed E-state index contributed by atoms with van der Waals surface area (Å²) < 4.78 is 10.5. The summed E-state index contributed by atoms with van der Waals surface area (Å²) in [6.07, 6.45) is 3.05. The van der Waals surface area contributed by atoms with Crippen LogP contribution in [0.25, 0.3) is 6.08 Å². The number of ether oxygens (including phenoxy) is 2. The molecule has 0 aliphatic heterocycles. The second-order valence-electron chi connectivity index (χ2n) is 6.47. The molecule has 3 rings (SSSR count). The molecule has 0 aliphatic rings. The van der Waals surface area contributed by atoms with E-state index in [-0.39, 0.29) is 11.0 Å². The fraction of sp³-hybridized carbons (Fsp3) is 0.0833. The summed E-state index contributed by atoms with van der Waals surface area (Å²) in [6, 6.07) is 22.0. The molecular weight excluding hydrogens is 424 g/mol. The van der Waals surface area contributed by atoms with Crippen molar-refractivity contribution in [3.8, 4) is 11.5 Å². The van der Waals surface area contributed by atoms with Gasteiger partial charge in [-0.25, -0.2) is 0 Å². The molecule has 2 N–H and O–H groups in total. The lowest BCUT2D eigenvalue weighted by Gasteiger charge is -2.08. The molecule has 0 radical (unpaired) electrons. The van der Waals surface area contributed by atoms with E-state index < -0.39 is 0 Å². The Hall–Kier alpha value is -4.04. The zero-order chi connectivity index (χ0) is 22.8. The van der Waals surface area contributed by atoms with Gasteiger partial charge in [0.2, 0.25) is 5.91 Å². The SMILES string of the molecule is COc1ccc(C=CC(=O)NC(=S)Nc2ccc(N=Nc3ccccc3)cc2)cc1OC. The van der Waals surface area contributed by atoms with Crippen molar-refractivity contribution in [2.24, 2.45) is 10.2 Å². The van der Waals surface area contributed by atoms with Gasteiger partial charge in [-0.15, -0.1) is 0 Å². The Morgan fingerprint density at radius 3 is 2.19 bits per heavy atom. The van der Waals surface area contributed by atoms with Crippen LogP contribution in [-0.4, -0.2) is 25.2 Å². The predicted molar refractivity (Wildman–Crippen MR) is 130 cm³/mol. The molecule has 1 amide bonds. The molecule has 7 nitrogen and oxygen atoms in total. The molecule has 0 aliphatic carbocycles. The van der Waals surface area contributed by atoms with Crippen molar-refractivity contribution in [3.05, 3.63) is 84.4 Å². The molecule has 0 fully saturated rings. The maximum Gasteiger partial charge on any atom is 0.250 e. The lowest BCUT2D eigenvalue weighted by molar-refractivity contribution is -0.115. The van der Waals surface area contributed by atoms with Gasteiger partial charge in [0.1, 0.15) is 0 Å². The number of amides is 1. The van der Waals surface area contributed by atoms with Crippen molar-refractivity contribution in [2.75, 3.05) is 19.5 Å². The average Bonchev–Trinajstić information content (AvgIpc) is 2.82. The van der Waals surface area contributed by atoms with Gasteiger partial charge in [0.25, 0.3) is 0 Å². The number of hydrogen-bond acceptors (Lipinski definition) is 6. The highest BCUT2D eigenvalue weighted by Crippen LogP contribution is 2.28. The predicted octanol–water partition coefficient (Wildman–Crippen LogP) is 5.65. The Balaban J connectivity index is 1.52. The van der Waals surface area contributed by atoms with Gasteiger partial charge in [-0.05, 0) is 72.4 Å². The third-order valence-electron chi connectivity index (χ3n) is 4.23. The van der Waals surface area contributed by atoms with Crippen LogP contribution in [0.4, 0.5) is 17.1 Å². The number of nitrogens with one attached hydrogen (secondary N) is 2. The molecule has 162 valence electrons. The fourth-order valence-electron chi connectivity index (χ4n) is 2.67. The third-order valence-corrected chi connectivity index (χ3v) is 4.44. The largest absolute Gasteiger partial charge is 0.493 e. The van der Waals surface area contributed by atoms with Crippen LogP contribution in [0.2, 0.25) is 0 Å². The zero-order valence-corrected chi connectivity index (χ0v) is 18.4. The van der Waals surface area contributed by atoms with Gasteiger partial charge in [0.05, 0.1) is 25.6 Å². The lowest BCUT2D eigenvalue weighted by atomic mass is 10.2. The van der Waals surface area contributed by atoms with E-state index >= 15 is 0 Å². The molecule has 3 aromatic carbocycles. The summed E-state index contributed by atoms with van der Waals surface area (Å²) in [7, 11) is 3.12. The highest BCUT2D eigenvalue weighted by Gasteiger charge is 2.05. The summed E-state index contributed by atoms with van der Waals surface area (Å²) in [5.41, 5.74) is 2.99. The highest BCUT2D eigenvalue weighted by molar-refractivity contribution is 7.80. The first-order chi connectivity index (χ1) is 15.6. The van der Waals surface area contributed by atoms with Crippen LogP contribution in [0.5, 0.6) is 11.5 Å². The number of azo groups is 1. The van der Waals surface area contributed by atoms with Crippen molar-refractivity contribution < 1.29 is 14.3 Å². The van der Waals surface area contributed by atoms with Crippen LogP contribution < -0.4 is 20.1 Å². The van der Waals surface area contributed by atoms with Crippen molar-refractivity contribution in [1.82, 2.24) is 5.32 Å². The second kappa shape index (κ2) is 11.4. The number of thiocarbonyl (C=S) groups is 1. The van der Waals surface area contributed by atoms with Gasteiger partial charge in [0.15, 0.2) is 16.6 Å². The first-order valence-electron chi connectivity index (χ1n) is 9.66. The zero-order valence-electron chi connectivity index (χ0n) is 17.6. The van der Waals surface area contributed by atoms with Gasteiger partial charge in [-0.1, -0.05) is 24.3 Å². The van der Waals surface area contributed by atoms with E-state index in [0.29, 0.717) is 17.2 Å². The van der Waals surface area contributed by atoms with Gasteiger partial charge < -0.3 is 14.8 Å². The topological polar surface area (TPSA) is 84.3 Å². The number of hydrogen-bond donors (Lipinski definition) is 2. The van der Waals surface area contributed by atoms with E-state index in [2.05, 4.69) is 20.9 Å². The van der Waals surface area contributed by atoms with E-state index in [0.717, 1.165) is 16.9 Å². The van der Waals surface area contributed by atoms with Crippen molar-refractivity contribution in [2.45, 2.75) is 0 Å². The molecule has 8 heteroatoms. The number of carbonyl (C=O) groups is 1. The Morgan fingerprint density at radius 2 is 1.53 bits per heavy atom. The van der Waals surface area contributed by atoms with Crippen LogP contribution in [0.1, 0.15) is 5.56 Å². The number of methoxy groups -OCH3 is 2. The monoisotopic (exact) mass is 446 g/mol. The van der Waals surface area contributed by atoms with Crippen LogP contribution in [0.15, 0.2) is 89.1 Å². The van der Waals surface area contributed by atoms with Gasteiger partial charge >= 0.3 is 0 Å². The third kappa shape index (κ3) is 6.75. The molecule has 0 spiro atoms. The summed E-state index contributed by atoms with van der Waals surface area (Å²) in [5.74, 6) is 0.844. The van der Waals surface area contributed by atoms with Gasteiger partial charge in [0, 0.05) is 11.8 Å². The molecule has 0 saturated heterocycles. The maximum absolute atomic E-state index is 12.2. The van der Waals surface area contributed by atoms with E-state index in [1.165, 1.54) is 6.08 Å². The second-order valence-corrected chi connectivity index (χ2v) is 6.88. The maximum atomic E-state index is 12.2. The van der Waals surface area contributed by atoms with E-state index in [4.69, 9.17) is 21.7 Å². The summed E-state index contributed by atoms with van der Waals surface area (Å²) in [4.78, 5) is 12.2. The first-order valence-corrected chi connectivity index (χ1v) is 10.1. The van der Waals surface area contributed by atoms with Crippen LogP contribution in [0.3, 0.4) is 0 Å². The van der Waals surface area contributed by atoms with Crippen LogP contribution in [0, 0.1) is 0 Å². The molecule has 0 unspecified atom stereocenters. The number of anilines is 1. The molecule has 0 heterocycles. The number of benzene rings is 3. The molecule has 32 heavy (non-hydrogen) atoms. The van der Waals surface area contributed by atoms with E-state index in [1.54, 1.807) is 56.7 Å². The van der Waals surface area contributed by atoms with Crippen molar-refractivity contribution >= 4 is 46.4 Å². The molecule has 0 bridgehead atoms. The van der Waals surface area contributed by atoms with Crippen LogP contribution in [-0.2, 0) is 4.79 Å². The highest BCUT2D eigenvalue weighted by atomic mass is 32.1. The number of carbonyl (C=O) groups excluding carboxylic acids is 1. The smallest absolute Gasteiger partial charge is 0.250 e. The minimum Gasteiger partial charge on any atom is -0.493 e. The van der Waals surface area contributed by atoms with Crippen molar-refractivity contribution in [3.63, 3.8) is 0 Å². The molecular formula is C24H22N4O3S. The van der Waals surface area contributed by atoms with E-state index in [1.807, 2.05) is 36.4 Å². The minimum atomic E-state index is -0.356. The Kier molecular flexibility index (Phi) is 8.05. The van der Waals surface area contributed by atoms with E-state index in [9.17, 15) is 4.79 Å². The van der Waals surface area contributed by atoms with Crippen molar-refractivity contribution in [1.29, 1.82) is 0 Å². The Morgan fingerprint density at radius 1 is 0.875 bits per heavy atom. The van der Waals surface area contributed by atoms with Gasteiger partial charge in [-0.2, -0.15) is 10.2 Å². The number of rotatable bonds is 7. The first kappa shape index (κ1) is 22.6. The summed E-state index contributed by atoms with van der Waals surface area (Å²) in [6.45, 7) is 0. The lowest BCUT2D eigenvalue weighted by Crippen LogP contribution is -2.32. The number of nitrogens with zero attached hydrogens (tertiary/aromatic N) is 2. The standard InChI is InChI=1S/C24H22N4O3S/c1-30-21-14-8-17(16-22(21)31-2)9-15-23(29)26-24(32)25-18-10-12-20(13-11-18)28-27-19-6-4-3-5-7-19/h3-16H,1-2H3,(H2,25,26,29,32). The molecule has 0 aromatic heterocycles. The quantitative estimate of drug-likeness (QED) is 0.278. The van der Waals surface area contributed by atoms with Crippen LogP contribution >= 0.6 is 12.2 Å². The molecule has 0 atom stereocenters. The van der Waals surface area contributed by atoms with Gasteiger partial charge in [-0.3, -0.25) is 10.1 Å². The average molecular weight is 447 g/mol. The Labute approximate surface area is 191 Å². The summed E-state index contributed by atoms with van der Waals surface area (Å²) in [5, 5.41) is 14.1. The Bertz CT molecular complexity index is 1130. The normalized spacial score (nSPS) is 10.8.